The number of ether oxygens (including phenoxy) is 1. The van der Waals surface area contributed by atoms with E-state index in [0.29, 0.717) is 33.7 Å². The second-order valence-corrected chi connectivity index (χ2v) is 11.0. The summed E-state index contributed by atoms with van der Waals surface area (Å²) in [6.45, 7) is -0.987. The van der Waals surface area contributed by atoms with Gasteiger partial charge in [0, 0.05) is 25.2 Å². The van der Waals surface area contributed by atoms with Gasteiger partial charge >= 0.3 is 7.82 Å². The monoisotopic (exact) mass is 535 g/mol. The normalized spacial score (nSPS) is 13.7. The number of benzene rings is 3. The van der Waals surface area contributed by atoms with Crippen LogP contribution in [0.2, 0.25) is 5.02 Å². The molecule has 0 saturated carbocycles. The minimum Gasteiger partial charge on any atom is -0.457 e. The minimum absolute atomic E-state index is 0.111. The topological polar surface area (TPSA) is 139 Å². The number of phosphoric ester groups is 1. The Balaban J connectivity index is 1.57. The molecule has 1 unspecified atom stereocenters. The summed E-state index contributed by atoms with van der Waals surface area (Å²) in [5.41, 5.74) is 5.50. The van der Waals surface area contributed by atoms with Gasteiger partial charge in [-0.05, 0) is 73.0 Å². The molecule has 1 atom stereocenters. The van der Waals surface area contributed by atoms with Gasteiger partial charge in [0.15, 0.2) is 5.43 Å². The largest absolute Gasteiger partial charge is 0.469 e. The van der Waals surface area contributed by atoms with Crippen LogP contribution in [0.25, 0.3) is 20.2 Å². The second kappa shape index (κ2) is 10.3. The SMILES string of the molecule is NC(CO)(CCc1ccc2c(=O)c3cc(Oc4ccc(Cl)cc4)ccc3sc2c1)COP(=O)(O)O. The molecule has 3 aromatic carbocycles. The van der Waals surface area contributed by atoms with Gasteiger partial charge in [0.25, 0.3) is 0 Å². The maximum absolute atomic E-state index is 13.2. The molecule has 4 rings (SSSR count). The van der Waals surface area contributed by atoms with Gasteiger partial charge in [0.1, 0.15) is 11.5 Å². The zero-order valence-corrected chi connectivity index (χ0v) is 20.9. The summed E-state index contributed by atoms with van der Waals surface area (Å²) in [5, 5.41) is 11.3. The Labute approximate surface area is 209 Å². The van der Waals surface area contributed by atoms with Gasteiger partial charge in [0.2, 0.25) is 0 Å². The third-order valence-corrected chi connectivity index (χ3v) is 7.35. The summed E-state index contributed by atoms with van der Waals surface area (Å²) in [5.74, 6) is 1.15. The van der Waals surface area contributed by atoms with Crippen LogP contribution in [-0.2, 0) is 15.5 Å². The molecular formula is C24H23ClNO7PS. The van der Waals surface area contributed by atoms with Crippen LogP contribution in [0.5, 0.6) is 11.5 Å². The first-order valence-corrected chi connectivity index (χ1v) is 13.3. The van der Waals surface area contributed by atoms with E-state index in [-0.39, 0.29) is 11.8 Å². The Morgan fingerprint density at radius 2 is 1.69 bits per heavy atom. The summed E-state index contributed by atoms with van der Waals surface area (Å²) in [6, 6.07) is 17.8. The number of phosphoric acid groups is 1. The summed E-state index contributed by atoms with van der Waals surface area (Å²) in [4.78, 5) is 31.0. The number of aryl methyl sites for hydroxylation is 1. The van der Waals surface area contributed by atoms with Gasteiger partial charge in [-0.15, -0.1) is 11.3 Å². The molecule has 0 bridgehead atoms. The van der Waals surface area contributed by atoms with Gasteiger partial charge in [-0.25, -0.2) is 4.57 Å². The van der Waals surface area contributed by atoms with Gasteiger partial charge < -0.3 is 25.4 Å². The minimum atomic E-state index is -4.70. The molecule has 0 spiro atoms. The molecule has 0 radical (unpaired) electrons. The molecule has 35 heavy (non-hydrogen) atoms. The first kappa shape index (κ1) is 25.8. The molecule has 0 fully saturated rings. The van der Waals surface area contributed by atoms with Crippen molar-refractivity contribution in [3.8, 4) is 11.5 Å². The molecule has 0 aliphatic rings. The Hall–Kier alpha value is -2.33. The molecule has 4 aromatic rings. The van der Waals surface area contributed by atoms with Gasteiger partial charge in [-0.2, -0.15) is 0 Å². The number of aliphatic hydroxyl groups is 1. The lowest BCUT2D eigenvalue weighted by Crippen LogP contribution is -2.48. The predicted octanol–water partition coefficient (Wildman–Crippen LogP) is 4.59. The number of aliphatic hydroxyl groups excluding tert-OH is 1. The Morgan fingerprint density at radius 3 is 2.37 bits per heavy atom. The summed E-state index contributed by atoms with van der Waals surface area (Å²) >= 11 is 7.38. The average Bonchev–Trinajstić information content (AvgIpc) is 2.83. The summed E-state index contributed by atoms with van der Waals surface area (Å²) in [6.07, 6.45) is 0.646. The smallest absolute Gasteiger partial charge is 0.457 e. The first-order valence-electron chi connectivity index (χ1n) is 10.6. The number of halogens is 1. The number of nitrogens with two attached hydrogens (primary N) is 1. The van der Waals surface area contributed by atoms with Crippen LogP contribution >= 0.6 is 30.8 Å². The molecule has 0 amide bonds. The molecule has 1 aromatic heterocycles. The predicted molar refractivity (Wildman–Crippen MR) is 137 cm³/mol. The van der Waals surface area contributed by atoms with E-state index in [0.717, 1.165) is 15.0 Å². The number of fused-ring (bicyclic) bond motifs is 2. The van der Waals surface area contributed by atoms with E-state index in [1.807, 2.05) is 12.1 Å². The highest BCUT2D eigenvalue weighted by Gasteiger charge is 2.28. The number of rotatable bonds is 9. The van der Waals surface area contributed by atoms with Gasteiger partial charge in [-0.1, -0.05) is 17.7 Å². The van der Waals surface area contributed by atoms with Crippen LogP contribution < -0.4 is 15.9 Å². The van der Waals surface area contributed by atoms with Crippen LogP contribution in [0.15, 0.2) is 65.5 Å². The summed E-state index contributed by atoms with van der Waals surface area (Å²) in [7, 11) is -4.70. The average molecular weight is 536 g/mol. The maximum atomic E-state index is 13.2. The van der Waals surface area contributed by atoms with E-state index in [1.54, 1.807) is 48.5 Å². The number of hydrogen-bond acceptors (Lipinski definition) is 7. The zero-order chi connectivity index (χ0) is 25.2. The highest BCUT2D eigenvalue weighted by Crippen LogP contribution is 2.37. The molecule has 8 nitrogen and oxygen atoms in total. The fourth-order valence-corrected chi connectivity index (χ4v) is 5.21. The van der Waals surface area contributed by atoms with E-state index in [9.17, 15) is 14.5 Å². The van der Waals surface area contributed by atoms with E-state index in [2.05, 4.69) is 4.52 Å². The van der Waals surface area contributed by atoms with E-state index >= 15 is 0 Å². The Morgan fingerprint density at radius 1 is 0.971 bits per heavy atom. The quantitative estimate of drug-likeness (QED) is 0.180. The lowest BCUT2D eigenvalue weighted by molar-refractivity contribution is 0.102. The summed E-state index contributed by atoms with van der Waals surface area (Å²) < 4.78 is 22.9. The van der Waals surface area contributed by atoms with Crippen LogP contribution in [0.3, 0.4) is 0 Å². The van der Waals surface area contributed by atoms with Crippen molar-refractivity contribution in [1.82, 2.24) is 0 Å². The zero-order valence-electron chi connectivity index (χ0n) is 18.4. The molecule has 5 N–H and O–H groups in total. The fraction of sp³-hybridized carbons (Fsp3) is 0.208. The first-order chi connectivity index (χ1) is 16.5. The third-order valence-electron chi connectivity index (χ3n) is 5.50. The molecule has 1 heterocycles. The lowest BCUT2D eigenvalue weighted by atomic mass is 9.94. The van der Waals surface area contributed by atoms with Crippen molar-refractivity contribution < 1.29 is 28.7 Å². The van der Waals surface area contributed by atoms with Crippen molar-refractivity contribution in [1.29, 1.82) is 0 Å². The van der Waals surface area contributed by atoms with Gasteiger partial charge in [-0.3, -0.25) is 9.32 Å². The Kier molecular flexibility index (Phi) is 7.61. The third kappa shape index (κ3) is 6.46. The van der Waals surface area contributed by atoms with Crippen molar-refractivity contribution in [2.75, 3.05) is 13.2 Å². The van der Waals surface area contributed by atoms with Crippen molar-refractivity contribution in [3.63, 3.8) is 0 Å². The van der Waals surface area contributed by atoms with Crippen molar-refractivity contribution >= 4 is 50.9 Å². The van der Waals surface area contributed by atoms with E-state index in [4.69, 9.17) is 31.9 Å². The van der Waals surface area contributed by atoms with Crippen LogP contribution in [-0.4, -0.2) is 33.6 Å². The molecule has 0 saturated heterocycles. The van der Waals surface area contributed by atoms with Crippen LogP contribution in [0, 0.1) is 0 Å². The highest BCUT2D eigenvalue weighted by atomic mass is 35.5. The molecule has 11 heteroatoms. The molecule has 0 aliphatic heterocycles. The van der Waals surface area contributed by atoms with Crippen molar-refractivity contribution in [2.24, 2.45) is 5.73 Å². The fourth-order valence-electron chi connectivity index (χ4n) is 3.54. The van der Waals surface area contributed by atoms with Crippen LogP contribution in [0.4, 0.5) is 0 Å². The molecular weight excluding hydrogens is 513 g/mol. The van der Waals surface area contributed by atoms with E-state index in [1.165, 1.54) is 11.3 Å². The maximum Gasteiger partial charge on any atom is 0.469 e. The molecule has 184 valence electrons. The number of hydrogen-bond donors (Lipinski definition) is 4. The van der Waals surface area contributed by atoms with Crippen LogP contribution in [0.1, 0.15) is 12.0 Å². The van der Waals surface area contributed by atoms with E-state index < -0.39 is 26.6 Å². The van der Waals surface area contributed by atoms with Gasteiger partial charge in [0.05, 0.1) is 18.8 Å². The van der Waals surface area contributed by atoms with Crippen molar-refractivity contribution in [2.45, 2.75) is 18.4 Å². The Bertz CT molecular complexity index is 1470. The second-order valence-electron chi connectivity index (χ2n) is 8.26. The highest BCUT2D eigenvalue weighted by molar-refractivity contribution is 7.46. The molecule has 0 aliphatic carbocycles. The standard InChI is InChI=1S/C24H23ClNO7PS/c25-16-2-4-17(5-3-16)33-18-6-8-21-20(12-18)23(28)19-7-1-15(11-22(19)35-21)9-10-24(26,13-27)14-32-34(29,30)31/h1-8,11-12,27H,9-10,13-14,26H2,(H2,29,30,31). The lowest BCUT2D eigenvalue weighted by Gasteiger charge is -2.27. The van der Waals surface area contributed by atoms with Crippen molar-refractivity contribution in [3.05, 3.63) is 81.5 Å².